The van der Waals surface area contributed by atoms with Crippen molar-refractivity contribution in [2.75, 3.05) is 7.11 Å². The summed E-state index contributed by atoms with van der Waals surface area (Å²) in [5.41, 5.74) is 9.93. The third kappa shape index (κ3) is 3.37. The topological polar surface area (TPSA) is 78.1 Å². The molecule has 1 aromatic carbocycles. The molecule has 5 nitrogen and oxygen atoms in total. The molecule has 2 aromatic heterocycles. The molecule has 0 saturated carbocycles. The molecule has 6 heteroatoms. The van der Waals surface area contributed by atoms with Crippen molar-refractivity contribution in [3.8, 4) is 0 Å². The molecule has 0 atom stereocenters. The van der Waals surface area contributed by atoms with Crippen LogP contribution in [0.5, 0.6) is 0 Å². The van der Waals surface area contributed by atoms with Gasteiger partial charge in [0.05, 0.1) is 23.2 Å². The summed E-state index contributed by atoms with van der Waals surface area (Å²) in [5.74, 6) is -0.379. The zero-order chi connectivity index (χ0) is 17.1. The molecule has 2 heterocycles. The molecule has 0 aliphatic carbocycles. The molecule has 2 N–H and O–H groups in total. The van der Waals surface area contributed by atoms with Gasteiger partial charge in [-0.25, -0.2) is 4.79 Å². The van der Waals surface area contributed by atoms with E-state index in [0.717, 1.165) is 27.7 Å². The molecule has 3 aromatic rings. The van der Waals surface area contributed by atoms with Crippen molar-refractivity contribution < 1.29 is 9.53 Å². The van der Waals surface area contributed by atoms with Gasteiger partial charge in [-0.05, 0) is 35.4 Å². The normalized spacial score (nSPS) is 10.8. The number of aromatic nitrogens is 2. The van der Waals surface area contributed by atoms with E-state index in [1.54, 1.807) is 24.5 Å². The Morgan fingerprint density at radius 1 is 1.25 bits per heavy atom. The second-order valence-corrected chi connectivity index (χ2v) is 5.82. The number of halogens is 1. The van der Waals surface area contributed by atoms with Crippen molar-refractivity contribution in [2.24, 2.45) is 5.73 Å². The quantitative estimate of drug-likeness (QED) is 0.738. The average molecular weight is 342 g/mol. The molecule has 0 bridgehead atoms. The number of esters is 1. The maximum atomic E-state index is 11.6. The summed E-state index contributed by atoms with van der Waals surface area (Å²) in [6, 6.07) is 9.25. The van der Waals surface area contributed by atoms with Crippen LogP contribution in [0.2, 0.25) is 5.02 Å². The van der Waals surface area contributed by atoms with Crippen LogP contribution >= 0.6 is 11.6 Å². The lowest BCUT2D eigenvalue weighted by Gasteiger charge is -2.09. The van der Waals surface area contributed by atoms with E-state index in [9.17, 15) is 4.79 Å². The number of carbonyl (C=O) groups is 1. The van der Waals surface area contributed by atoms with E-state index in [4.69, 9.17) is 22.1 Å². The van der Waals surface area contributed by atoms with Gasteiger partial charge in [0, 0.05) is 36.4 Å². The molecule has 0 saturated heterocycles. The lowest BCUT2D eigenvalue weighted by atomic mass is 10.0. The zero-order valence-electron chi connectivity index (χ0n) is 13.1. The van der Waals surface area contributed by atoms with Gasteiger partial charge in [-0.1, -0.05) is 17.7 Å². The lowest BCUT2D eigenvalue weighted by molar-refractivity contribution is 0.0600. The first-order valence-corrected chi connectivity index (χ1v) is 7.79. The summed E-state index contributed by atoms with van der Waals surface area (Å²) in [5, 5.41) is 1.51. The zero-order valence-corrected chi connectivity index (χ0v) is 13.9. The summed E-state index contributed by atoms with van der Waals surface area (Å²) in [7, 11) is 1.36. The minimum absolute atomic E-state index is 0.379. The molecule has 0 fully saturated rings. The molecule has 24 heavy (non-hydrogen) atoms. The number of nitrogens with two attached hydrogens (primary N) is 1. The van der Waals surface area contributed by atoms with Gasteiger partial charge in [0.15, 0.2) is 0 Å². The number of fused-ring (bicyclic) bond motifs is 1. The molecule has 3 rings (SSSR count). The average Bonchev–Trinajstić information content (AvgIpc) is 2.60. The summed E-state index contributed by atoms with van der Waals surface area (Å²) in [6.07, 6.45) is 3.79. The van der Waals surface area contributed by atoms with Gasteiger partial charge < -0.3 is 10.5 Å². The lowest BCUT2D eigenvalue weighted by Crippen LogP contribution is -2.04. The van der Waals surface area contributed by atoms with Crippen LogP contribution < -0.4 is 5.73 Å². The van der Waals surface area contributed by atoms with E-state index in [0.29, 0.717) is 23.6 Å². The van der Waals surface area contributed by atoms with E-state index in [1.165, 1.54) is 7.11 Å². The van der Waals surface area contributed by atoms with Crippen molar-refractivity contribution >= 4 is 28.5 Å². The number of hydrogen-bond acceptors (Lipinski definition) is 5. The van der Waals surface area contributed by atoms with Crippen LogP contribution in [-0.2, 0) is 17.7 Å². The second-order valence-electron chi connectivity index (χ2n) is 5.39. The van der Waals surface area contributed by atoms with Crippen molar-refractivity contribution in [3.05, 3.63) is 70.1 Å². The first kappa shape index (κ1) is 16.4. The molecule has 0 spiro atoms. The Hall–Kier alpha value is -2.50. The van der Waals surface area contributed by atoms with Crippen LogP contribution in [0, 0.1) is 0 Å². The third-order valence-corrected chi connectivity index (χ3v) is 3.94. The fraction of sp³-hybridized carbons (Fsp3) is 0.167. The Labute approximate surface area is 144 Å². The van der Waals surface area contributed by atoms with Gasteiger partial charge in [0.1, 0.15) is 0 Å². The van der Waals surface area contributed by atoms with Gasteiger partial charge in [0.25, 0.3) is 0 Å². The van der Waals surface area contributed by atoms with Crippen LogP contribution in [0.4, 0.5) is 0 Å². The largest absolute Gasteiger partial charge is 0.465 e. The van der Waals surface area contributed by atoms with Gasteiger partial charge in [-0.3, -0.25) is 9.97 Å². The van der Waals surface area contributed by atoms with Crippen molar-refractivity contribution in [1.29, 1.82) is 0 Å². The van der Waals surface area contributed by atoms with E-state index < -0.39 is 0 Å². The molecular weight excluding hydrogens is 326 g/mol. The van der Waals surface area contributed by atoms with Crippen LogP contribution in [-0.4, -0.2) is 23.0 Å². The molecule has 0 aliphatic heterocycles. The molecule has 0 unspecified atom stereocenters. The molecular formula is C18H16ClN3O2. The highest BCUT2D eigenvalue weighted by Gasteiger charge is 2.09. The first-order valence-electron chi connectivity index (χ1n) is 7.41. The minimum Gasteiger partial charge on any atom is -0.465 e. The van der Waals surface area contributed by atoms with Crippen LogP contribution in [0.3, 0.4) is 0 Å². The fourth-order valence-electron chi connectivity index (χ4n) is 2.65. The van der Waals surface area contributed by atoms with E-state index in [1.807, 2.05) is 18.2 Å². The molecule has 0 amide bonds. The number of rotatable bonds is 4. The fourth-order valence-corrected chi connectivity index (χ4v) is 2.82. The van der Waals surface area contributed by atoms with Crippen LogP contribution in [0.25, 0.3) is 10.9 Å². The summed E-state index contributed by atoms with van der Waals surface area (Å²) in [6.45, 7) is 0.384. The van der Waals surface area contributed by atoms with E-state index in [-0.39, 0.29) is 5.97 Å². The number of ether oxygens (including phenoxy) is 1. The molecule has 122 valence electrons. The highest BCUT2D eigenvalue weighted by Crippen LogP contribution is 2.23. The predicted octanol–water partition coefficient (Wildman–Crippen LogP) is 3.12. The summed E-state index contributed by atoms with van der Waals surface area (Å²) in [4.78, 5) is 20.3. The van der Waals surface area contributed by atoms with Crippen molar-refractivity contribution in [2.45, 2.75) is 13.0 Å². The molecule has 0 radical (unpaired) electrons. The van der Waals surface area contributed by atoms with Crippen LogP contribution in [0.15, 0.2) is 42.7 Å². The standard InChI is InChI=1S/C18H16ClN3O2/c1-24-18(23)12-2-3-21-16(8-12)6-11-4-13-7-15(19)10-22-17(13)14(5-11)9-20/h2-5,7-8,10H,6,9,20H2,1H3. The Morgan fingerprint density at radius 2 is 2.08 bits per heavy atom. The summed E-state index contributed by atoms with van der Waals surface area (Å²) < 4.78 is 4.74. The van der Waals surface area contributed by atoms with Gasteiger partial charge in [0.2, 0.25) is 0 Å². The van der Waals surface area contributed by atoms with Crippen molar-refractivity contribution in [3.63, 3.8) is 0 Å². The van der Waals surface area contributed by atoms with Crippen molar-refractivity contribution in [1.82, 2.24) is 9.97 Å². The van der Waals surface area contributed by atoms with E-state index >= 15 is 0 Å². The second kappa shape index (κ2) is 6.95. The number of methoxy groups -OCH3 is 1. The Kier molecular flexibility index (Phi) is 4.74. The van der Waals surface area contributed by atoms with Gasteiger partial charge in [-0.15, -0.1) is 0 Å². The number of benzene rings is 1. The number of hydrogen-bond donors (Lipinski definition) is 1. The SMILES string of the molecule is COC(=O)c1ccnc(Cc2cc(CN)c3ncc(Cl)cc3c2)c1. The highest BCUT2D eigenvalue weighted by atomic mass is 35.5. The smallest absolute Gasteiger partial charge is 0.337 e. The van der Waals surface area contributed by atoms with Gasteiger partial charge >= 0.3 is 5.97 Å². The summed E-state index contributed by atoms with van der Waals surface area (Å²) >= 11 is 6.04. The van der Waals surface area contributed by atoms with E-state index in [2.05, 4.69) is 9.97 Å². The minimum atomic E-state index is -0.379. The van der Waals surface area contributed by atoms with Crippen LogP contribution in [0.1, 0.15) is 27.2 Å². The third-order valence-electron chi connectivity index (χ3n) is 3.73. The molecule has 0 aliphatic rings. The maximum absolute atomic E-state index is 11.6. The first-order chi connectivity index (χ1) is 11.6. The Bertz CT molecular complexity index is 912. The Morgan fingerprint density at radius 3 is 2.83 bits per heavy atom. The Balaban J connectivity index is 1.99. The number of pyridine rings is 2. The maximum Gasteiger partial charge on any atom is 0.337 e. The van der Waals surface area contributed by atoms with Gasteiger partial charge in [-0.2, -0.15) is 0 Å². The number of nitrogens with zero attached hydrogens (tertiary/aromatic N) is 2. The number of carbonyl (C=O) groups excluding carboxylic acids is 1. The predicted molar refractivity (Wildman–Crippen MR) is 93.0 cm³/mol. The monoisotopic (exact) mass is 341 g/mol. The highest BCUT2D eigenvalue weighted by molar-refractivity contribution is 6.31.